The van der Waals surface area contributed by atoms with Gasteiger partial charge in [0.05, 0.1) is 0 Å². The molecule has 0 radical (unpaired) electrons. The average Bonchev–Trinajstić information content (AvgIpc) is 2.51. The Bertz CT molecular complexity index is 400. The van der Waals surface area contributed by atoms with Crippen molar-refractivity contribution in [3.8, 4) is 0 Å². The van der Waals surface area contributed by atoms with Gasteiger partial charge in [0.25, 0.3) is 0 Å². The second-order valence-corrected chi connectivity index (χ2v) is 5.18. The van der Waals surface area contributed by atoms with Crippen molar-refractivity contribution in [2.24, 2.45) is 5.92 Å². The molecule has 1 aromatic carbocycles. The number of benzene rings is 1. The molecule has 1 amide bonds. The summed E-state index contributed by atoms with van der Waals surface area (Å²) >= 11 is 0. The van der Waals surface area contributed by atoms with E-state index in [-0.39, 0.29) is 11.4 Å². The van der Waals surface area contributed by atoms with Gasteiger partial charge in [0.2, 0.25) is 5.91 Å². The fourth-order valence-corrected chi connectivity index (χ4v) is 2.68. The largest absolute Gasteiger partial charge is 0.319 e. The van der Waals surface area contributed by atoms with Gasteiger partial charge in [-0.15, -0.1) is 0 Å². The van der Waals surface area contributed by atoms with Gasteiger partial charge in [-0.3, -0.25) is 4.79 Å². The van der Waals surface area contributed by atoms with Gasteiger partial charge in [-0.05, 0) is 33.0 Å². The molecule has 1 aliphatic rings. The van der Waals surface area contributed by atoms with E-state index in [0.29, 0.717) is 12.3 Å². The van der Waals surface area contributed by atoms with Crippen LogP contribution in [0.15, 0.2) is 30.3 Å². The molecule has 1 unspecified atom stereocenters. The van der Waals surface area contributed by atoms with Crippen molar-refractivity contribution in [1.82, 2.24) is 5.32 Å². The summed E-state index contributed by atoms with van der Waals surface area (Å²) in [5.74, 6) is 0.585. The lowest BCUT2D eigenvalue weighted by atomic mass is 9.88. The van der Waals surface area contributed by atoms with Crippen molar-refractivity contribution < 1.29 is 4.79 Å². The predicted octanol–water partition coefficient (Wildman–Crippen LogP) is 2.04. The number of para-hydroxylation sites is 1. The van der Waals surface area contributed by atoms with Crippen molar-refractivity contribution in [2.75, 3.05) is 18.5 Å². The van der Waals surface area contributed by atoms with E-state index >= 15 is 0 Å². The minimum atomic E-state index is -0.124. The molecule has 3 nitrogen and oxygen atoms in total. The molecule has 0 spiro atoms. The molecule has 1 fully saturated rings. The fourth-order valence-electron chi connectivity index (χ4n) is 2.68. The Morgan fingerprint density at radius 1 is 1.35 bits per heavy atom. The van der Waals surface area contributed by atoms with E-state index in [1.807, 2.05) is 42.3 Å². The normalized spacial score (nSPS) is 23.1. The summed E-state index contributed by atoms with van der Waals surface area (Å²) in [6.45, 7) is 5.17. The number of rotatable bonds is 3. The van der Waals surface area contributed by atoms with E-state index in [2.05, 4.69) is 19.2 Å². The number of anilines is 1. The maximum absolute atomic E-state index is 12.2. The highest BCUT2D eigenvalue weighted by atomic mass is 16.2. The van der Waals surface area contributed by atoms with Crippen molar-refractivity contribution in [3.05, 3.63) is 30.3 Å². The first-order valence-electron chi connectivity index (χ1n) is 6.10. The van der Waals surface area contributed by atoms with Crippen LogP contribution in [0.4, 0.5) is 5.69 Å². The van der Waals surface area contributed by atoms with Gasteiger partial charge in [-0.2, -0.15) is 0 Å². The topological polar surface area (TPSA) is 32.3 Å². The Balaban J connectivity index is 2.32. The van der Waals surface area contributed by atoms with E-state index in [4.69, 9.17) is 0 Å². The zero-order chi connectivity index (χ0) is 12.5. The van der Waals surface area contributed by atoms with Crippen LogP contribution in [0.2, 0.25) is 0 Å². The number of hydrogen-bond acceptors (Lipinski definition) is 2. The summed E-state index contributed by atoms with van der Waals surface area (Å²) in [5.41, 5.74) is 0.877. The van der Waals surface area contributed by atoms with Crippen LogP contribution in [0, 0.1) is 5.92 Å². The quantitative estimate of drug-likeness (QED) is 0.865. The van der Waals surface area contributed by atoms with Gasteiger partial charge >= 0.3 is 0 Å². The summed E-state index contributed by atoms with van der Waals surface area (Å²) in [5, 5.41) is 3.18. The Hall–Kier alpha value is -1.35. The number of carbonyl (C=O) groups excluding carboxylic acids is 1. The maximum atomic E-state index is 12.2. The second kappa shape index (κ2) is 4.49. The van der Waals surface area contributed by atoms with Crippen LogP contribution in [0.1, 0.15) is 20.3 Å². The fraction of sp³-hybridized carbons (Fsp3) is 0.500. The van der Waals surface area contributed by atoms with Gasteiger partial charge < -0.3 is 10.2 Å². The van der Waals surface area contributed by atoms with E-state index in [0.717, 1.165) is 12.2 Å². The van der Waals surface area contributed by atoms with Crippen LogP contribution in [-0.4, -0.2) is 25.0 Å². The Morgan fingerprint density at radius 2 is 2.00 bits per heavy atom. The van der Waals surface area contributed by atoms with E-state index < -0.39 is 0 Å². The first-order valence-corrected chi connectivity index (χ1v) is 6.10. The van der Waals surface area contributed by atoms with Gasteiger partial charge in [-0.25, -0.2) is 0 Å². The first-order chi connectivity index (χ1) is 8.07. The molecule has 1 aliphatic heterocycles. The standard InChI is InChI=1S/C14H20N2O/c1-14(2)11(10-15-3)9-13(17)16(14)12-7-5-4-6-8-12/h4-8,11,15H,9-10H2,1-3H3. The zero-order valence-electron chi connectivity index (χ0n) is 10.7. The molecule has 0 aliphatic carbocycles. The SMILES string of the molecule is CNCC1CC(=O)N(c2ccccc2)C1(C)C. The smallest absolute Gasteiger partial charge is 0.227 e. The van der Waals surface area contributed by atoms with Gasteiger partial charge in [0, 0.05) is 30.1 Å². The summed E-state index contributed by atoms with van der Waals surface area (Å²) < 4.78 is 0. The lowest BCUT2D eigenvalue weighted by molar-refractivity contribution is -0.117. The third kappa shape index (κ3) is 2.07. The summed E-state index contributed by atoms with van der Waals surface area (Å²) in [4.78, 5) is 14.1. The summed E-state index contributed by atoms with van der Waals surface area (Å²) in [6, 6.07) is 9.93. The third-order valence-corrected chi connectivity index (χ3v) is 3.71. The lowest BCUT2D eigenvalue weighted by Gasteiger charge is -2.36. The Labute approximate surface area is 103 Å². The number of hydrogen-bond donors (Lipinski definition) is 1. The number of nitrogens with zero attached hydrogens (tertiary/aromatic N) is 1. The molecule has 1 saturated heterocycles. The molecule has 1 atom stereocenters. The molecular formula is C14H20N2O. The van der Waals surface area contributed by atoms with Crippen LogP contribution < -0.4 is 10.2 Å². The predicted molar refractivity (Wildman–Crippen MR) is 70.0 cm³/mol. The van der Waals surface area contributed by atoms with Crippen molar-refractivity contribution in [2.45, 2.75) is 25.8 Å². The molecule has 0 saturated carbocycles. The molecule has 0 bridgehead atoms. The molecule has 92 valence electrons. The monoisotopic (exact) mass is 232 g/mol. The van der Waals surface area contributed by atoms with Crippen molar-refractivity contribution in [1.29, 1.82) is 0 Å². The molecule has 1 N–H and O–H groups in total. The van der Waals surface area contributed by atoms with Gasteiger partial charge in [0.1, 0.15) is 0 Å². The van der Waals surface area contributed by atoms with E-state index in [1.165, 1.54) is 0 Å². The van der Waals surface area contributed by atoms with Crippen molar-refractivity contribution >= 4 is 11.6 Å². The molecule has 17 heavy (non-hydrogen) atoms. The van der Waals surface area contributed by atoms with Gasteiger partial charge in [0.15, 0.2) is 0 Å². The Morgan fingerprint density at radius 3 is 2.59 bits per heavy atom. The lowest BCUT2D eigenvalue weighted by Crippen LogP contribution is -2.46. The molecule has 3 heteroatoms. The highest BCUT2D eigenvalue weighted by Gasteiger charge is 2.46. The Kier molecular flexibility index (Phi) is 3.20. The third-order valence-electron chi connectivity index (χ3n) is 3.71. The van der Waals surface area contributed by atoms with Crippen LogP contribution >= 0.6 is 0 Å². The maximum Gasteiger partial charge on any atom is 0.227 e. The zero-order valence-corrected chi connectivity index (χ0v) is 10.7. The minimum Gasteiger partial charge on any atom is -0.319 e. The molecule has 1 heterocycles. The summed E-state index contributed by atoms with van der Waals surface area (Å²) in [6.07, 6.45) is 0.628. The average molecular weight is 232 g/mol. The molecule has 2 rings (SSSR count). The molecule has 1 aromatic rings. The van der Waals surface area contributed by atoms with Crippen LogP contribution in [0.5, 0.6) is 0 Å². The van der Waals surface area contributed by atoms with E-state index in [1.54, 1.807) is 0 Å². The van der Waals surface area contributed by atoms with Crippen LogP contribution in [-0.2, 0) is 4.79 Å². The van der Waals surface area contributed by atoms with E-state index in [9.17, 15) is 4.79 Å². The highest BCUT2D eigenvalue weighted by molar-refractivity contribution is 5.97. The first kappa shape index (κ1) is 12.1. The van der Waals surface area contributed by atoms with Crippen molar-refractivity contribution in [3.63, 3.8) is 0 Å². The van der Waals surface area contributed by atoms with Gasteiger partial charge in [-0.1, -0.05) is 18.2 Å². The number of nitrogens with one attached hydrogen (secondary N) is 1. The summed E-state index contributed by atoms with van der Waals surface area (Å²) in [7, 11) is 1.94. The number of amides is 1. The number of carbonyl (C=O) groups is 1. The highest BCUT2D eigenvalue weighted by Crippen LogP contribution is 2.38. The second-order valence-electron chi connectivity index (χ2n) is 5.18. The minimum absolute atomic E-state index is 0.124. The molecule has 0 aromatic heterocycles. The molecular weight excluding hydrogens is 212 g/mol. The van der Waals surface area contributed by atoms with Crippen LogP contribution in [0.25, 0.3) is 0 Å². The van der Waals surface area contributed by atoms with Crippen LogP contribution in [0.3, 0.4) is 0 Å².